The van der Waals surface area contributed by atoms with Crippen LogP contribution in [0.4, 0.5) is 0 Å². The van der Waals surface area contributed by atoms with Crippen LogP contribution in [-0.2, 0) is 28.4 Å². The maximum absolute atomic E-state index is 13.4. The number of ether oxygens (including phenoxy) is 1. The van der Waals surface area contributed by atoms with Gasteiger partial charge in [-0.15, -0.1) is 0 Å². The highest BCUT2D eigenvalue weighted by atomic mass is 32.2. The fourth-order valence-electron chi connectivity index (χ4n) is 4.55. The predicted molar refractivity (Wildman–Crippen MR) is 143 cm³/mol. The minimum absolute atomic E-state index is 0.0245. The first-order chi connectivity index (χ1) is 16.4. The van der Waals surface area contributed by atoms with Gasteiger partial charge in [0.25, 0.3) is 5.56 Å². The van der Waals surface area contributed by atoms with Crippen molar-refractivity contribution in [2.45, 2.75) is 95.8 Å². The van der Waals surface area contributed by atoms with Crippen molar-refractivity contribution in [3.05, 3.63) is 57.0 Å². The number of carbonyl (C=O) groups is 1. The Labute approximate surface area is 214 Å². The van der Waals surface area contributed by atoms with Crippen molar-refractivity contribution in [3.8, 4) is 0 Å². The molecule has 0 bridgehead atoms. The number of rotatable bonds is 7. The second kappa shape index (κ2) is 11.3. The number of thioether (sulfide) groups is 1. The molecule has 1 aliphatic heterocycles. The van der Waals surface area contributed by atoms with E-state index in [9.17, 15) is 9.59 Å². The predicted octanol–water partition coefficient (Wildman–Crippen LogP) is 4.87. The Morgan fingerprint density at radius 2 is 1.77 bits per heavy atom. The maximum atomic E-state index is 13.4. The molecule has 3 unspecified atom stereocenters. The van der Waals surface area contributed by atoms with Gasteiger partial charge in [-0.25, -0.2) is 4.98 Å². The van der Waals surface area contributed by atoms with Crippen LogP contribution in [0.3, 0.4) is 0 Å². The van der Waals surface area contributed by atoms with Crippen LogP contribution in [0.1, 0.15) is 76.8 Å². The molecule has 0 spiro atoms. The normalized spacial score (nSPS) is 19.6. The lowest BCUT2D eigenvalue weighted by atomic mass is 9.86. The largest absolute Gasteiger partial charge is 0.372 e. The summed E-state index contributed by atoms with van der Waals surface area (Å²) in [5.41, 5.74) is 3.84. The zero-order chi connectivity index (χ0) is 25.9. The lowest BCUT2D eigenvalue weighted by Gasteiger charge is -2.37. The minimum Gasteiger partial charge on any atom is -0.372 e. The zero-order valence-corrected chi connectivity index (χ0v) is 23.4. The summed E-state index contributed by atoms with van der Waals surface area (Å²) < 4.78 is 7.41. The average Bonchev–Trinajstić information content (AvgIpc) is 2.78. The summed E-state index contributed by atoms with van der Waals surface area (Å²) in [5.74, 6) is 0.105. The van der Waals surface area contributed by atoms with Crippen LogP contribution in [0.5, 0.6) is 0 Å². The first kappa shape index (κ1) is 27.5. The molecule has 1 fully saturated rings. The number of amides is 1. The van der Waals surface area contributed by atoms with Crippen molar-refractivity contribution in [1.82, 2.24) is 14.5 Å². The molecule has 0 saturated carbocycles. The van der Waals surface area contributed by atoms with Gasteiger partial charge in [-0.1, -0.05) is 70.1 Å². The third-order valence-electron chi connectivity index (χ3n) is 6.56. The number of morpholine rings is 1. The quantitative estimate of drug-likeness (QED) is 0.402. The lowest BCUT2D eigenvalue weighted by Crippen LogP contribution is -2.50. The molecule has 1 aliphatic rings. The van der Waals surface area contributed by atoms with E-state index in [1.807, 2.05) is 25.7 Å². The van der Waals surface area contributed by atoms with Gasteiger partial charge in [0, 0.05) is 37.8 Å². The average molecular weight is 500 g/mol. The lowest BCUT2D eigenvalue weighted by molar-refractivity contribution is -0.142. The standard InChI is InChI=1S/C28H41N3O3S/c1-9-10-24(26(33)31-16-18(2)34-19(3)17-31)35-27-29-20(4)23(25(32)30(27)8)15-21-11-13-22(14-12-21)28(5,6)7/h11-14,18-19,24H,9-10,15-17H2,1-8H3. The van der Waals surface area contributed by atoms with E-state index >= 15 is 0 Å². The topological polar surface area (TPSA) is 64.4 Å². The first-order valence-electron chi connectivity index (χ1n) is 12.7. The Bertz CT molecular complexity index is 1080. The zero-order valence-electron chi connectivity index (χ0n) is 22.6. The molecule has 2 aromatic rings. The molecular formula is C28H41N3O3S. The SMILES string of the molecule is CCCC(Sc1nc(C)c(Cc2ccc(C(C)(C)C)cc2)c(=O)n1C)C(=O)N1CC(C)OC(C)C1. The van der Waals surface area contributed by atoms with E-state index in [1.54, 1.807) is 11.6 Å². The Balaban J connectivity index is 1.82. The third-order valence-corrected chi connectivity index (χ3v) is 7.85. The van der Waals surface area contributed by atoms with Gasteiger partial charge in [0.1, 0.15) is 0 Å². The Morgan fingerprint density at radius 3 is 2.31 bits per heavy atom. The van der Waals surface area contributed by atoms with Gasteiger partial charge in [0.15, 0.2) is 5.16 Å². The monoisotopic (exact) mass is 499 g/mol. The second-order valence-corrected chi connectivity index (χ2v) is 12.0. The number of aromatic nitrogens is 2. The fourth-order valence-corrected chi connectivity index (χ4v) is 5.84. The molecule has 1 aromatic heterocycles. The highest BCUT2D eigenvalue weighted by Crippen LogP contribution is 2.28. The number of benzene rings is 1. The molecule has 1 saturated heterocycles. The van der Waals surface area contributed by atoms with E-state index in [0.717, 1.165) is 24.1 Å². The fraction of sp³-hybridized carbons (Fsp3) is 0.607. The van der Waals surface area contributed by atoms with Crippen LogP contribution < -0.4 is 5.56 Å². The molecule has 0 N–H and O–H groups in total. The van der Waals surface area contributed by atoms with Crippen LogP contribution in [0, 0.1) is 6.92 Å². The summed E-state index contributed by atoms with van der Waals surface area (Å²) in [6, 6.07) is 8.48. The van der Waals surface area contributed by atoms with Crippen LogP contribution >= 0.6 is 11.8 Å². The van der Waals surface area contributed by atoms with Crippen molar-refractivity contribution in [2.75, 3.05) is 13.1 Å². The van der Waals surface area contributed by atoms with Gasteiger partial charge in [0.2, 0.25) is 5.91 Å². The van der Waals surface area contributed by atoms with Gasteiger partial charge < -0.3 is 9.64 Å². The number of carbonyl (C=O) groups excluding carboxylic acids is 1. The molecule has 0 radical (unpaired) electrons. The molecule has 1 amide bonds. The number of aryl methyl sites for hydroxylation is 1. The molecule has 6 nitrogen and oxygen atoms in total. The molecule has 2 heterocycles. The molecule has 0 aliphatic carbocycles. The minimum atomic E-state index is -0.272. The summed E-state index contributed by atoms with van der Waals surface area (Å²) in [4.78, 5) is 33.4. The highest BCUT2D eigenvalue weighted by Gasteiger charge is 2.31. The van der Waals surface area contributed by atoms with E-state index in [0.29, 0.717) is 30.2 Å². The van der Waals surface area contributed by atoms with Crippen molar-refractivity contribution in [2.24, 2.45) is 7.05 Å². The van der Waals surface area contributed by atoms with Gasteiger partial charge in [-0.3, -0.25) is 14.2 Å². The summed E-state index contributed by atoms with van der Waals surface area (Å²) in [5, 5.41) is 0.325. The molecule has 192 valence electrons. The smallest absolute Gasteiger partial charge is 0.257 e. The van der Waals surface area contributed by atoms with Crippen molar-refractivity contribution in [3.63, 3.8) is 0 Å². The molecular weight excluding hydrogens is 458 g/mol. The molecule has 3 rings (SSSR count). The summed E-state index contributed by atoms with van der Waals surface area (Å²) >= 11 is 1.41. The molecule has 3 atom stereocenters. The third kappa shape index (κ3) is 6.76. The van der Waals surface area contributed by atoms with Crippen LogP contribution in [0.15, 0.2) is 34.2 Å². The van der Waals surface area contributed by atoms with Crippen molar-refractivity contribution >= 4 is 17.7 Å². The van der Waals surface area contributed by atoms with Crippen LogP contribution in [-0.4, -0.2) is 50.9 Å². The van der Waals surface area contributed by atoms with Gasteiger partial charge >= 0.3 is 0 Å². The number of hydrogen-bond acceptors (Lipinski definition) is 5. The Morgan fingerprint density at radius 1 is 1.17 bits per heavy atom. The second-order valence-electron chi connectivity index (χ2n) is 10.8. The first-order valence-corrected chi connectivity index (χ1v) is 13.6. The summed E-state index contributed by atoms with van der Waals surface area (Å²) in [6.45, 7) is 15.8. The van der Waals surface area contributed by atoms with E-state index < -0.39 is 0 Å². The Kier molecular flexibility index (Phi) is 8.86. The maximum Gasteiger partial charge on any atom is 0.257 e. The Hall–Kier alpha value is -2.12. The summed E-state index contributed by atoms with van der Waals surface area (Å²) in [7, 11) is 1.76. The molecule has 7 heteroatoms. The van der Waals surface area contributed by atoms with E-state index in [-0.39, 0.29) is 34.3 Å². The van der Waals surface area contributed by atoms with Crippen molar-refractivity contribution in [1.29, 1.82) is 0 Å². The van der Waals surface area contributed by atoms with Crippen LogP contribution in [0.25, 0.3) is 0 Å². The van der Waals surface area contributed by atoms with Gasteiger partial charge in [-0.05, 0) is 43.7 Å². The molecule has 35 heavy (non-hydrogen) atoms. The van der Waals surface area contributed by atoms with Gasteiger partial charge in [-0.2, -0.15) is 0 Å². The highest BCUT2D eigenvalue weighted by molar-refractivity contribution is 8.00. The number of hydrogen-bond donors (Lipinski definition) is 0. The van der Waals surface area contributed by atoms with E-state index in [4.69, 9.17) is 9.72 Å². The van der Waals surface area contributed by atoms with E-state index in [1.165, 1.54) is 17.3 Å². The van der Waals surface area contributed by atoms with E-state index in [2.05, 4.69) is 52.0 Å². The summed E-state index contributed by atoms with van der Waals surface area (Å²) in [6.07, 6.45) is 2.21. The number of nitrogens with zero attached hydrogens (tertiary/aromatic N) is 3. The molecule has 1 aromatic carbocycles. The van der Waals surface area contributed by atoms with Crippen LogP contribution in [0.2, 0.25) is 0 Å². The van der Waals surface area contributed by atoms with Crippen molar-refractivity contribution < 1.29 is 9.53 Å². The van der Waals surface area contributed by atoms with Gasteiger partial charge in [0.05, 0.1) is 17.5 Å².